The molecule has 0 unspecified atom stereocenters. The number of nitrogens with zero attached hydrogens (tertiary/aromatic N) is 3. The van der Waals surface area contributed by atoms with Crippen LogP contribution in [-0.2, 0) is 4.74 Å². The van der Waals surface area contributed by atoms with Gasteiger partial charge in [0.15, 0.2) is 10.9 Å². The van der Waals surface area contributed by atoms with Gasteiger partial charge in [-0.2, -0.15) is 0 Å². The van der Waals surface area contributed by atoms with Crippen molar-refractivity contribution in [2.75, 3.05) is 44.3 Å². The van der Waals surface area contributed by atoms with Crippen LogP contribution in [0.4, 0.5) is 13.9 Å². The molecule has 0 amide bonds. The number of fused-ring (bicyclic) bond motifs is 1. The third-order valence-corrected chi connectivity index (χ3v) is 5.76. The highest BCUT2D eigenvalue weighted by atomic mass is 32.1. The Labute approximate surface area is 137 Å². The molecule has 4 rings (SSSR count). The molecule has 0 N–H and O–H groups in total. The van der Waals surface area contributed by atoms with E-state index in [4.69, 9.17) is 4.74 Å². The number of halogens is 2. The first-order valence-electron chi connectivity index (χ1n) is 8.03. The summed E-state index contributed by atoms with van der Waals surface area (Å²) in [5.41, 5.74) is 0.279. The topological polar surface area (TPSA) is 28.6 Å². The van der Waals surface area contributed by atoms with E-state index in [0.29, 0.717) is 10.7 Å². The second kappa shape index (κ2) is 6.30. The van der Waals surface area contributed by atoms with E-state index in [-0.39, 0.29) is 5.52 Å². The third-order valence-electron chi connectivity index (χ3n) is 4.70. The highest BCUT2D eigenvalue weighted by Crippen LogP contribution is 2.33. The molecule has 4 nitrogen and oxygen atoms in total. The minimum Gasteiger partial charge on any atom is -0.379 e. The van der Waals surface area contributed by atoms with Crippen LogP contribution in [0.25, 0.3) is 10.2 Å². The lowest BCUT2D eigenvalue weighted by Crippen LogP contribution is -2.49. The van der Waals surface area contributed by atoms with Gasteiger partial charge in [-0.05, 0) is 18.9 Å². The van der Waals surface area contributed by atoms with Crippen molar-refractivity contribution in [3.05, 3.63) is 23.8 Å². The molecule has 1 aromatic heterocycles. The molecule has 0 radical (unpaired) electrons. The Kier molecular flexibility index (Phi) is 4.17. The van der Waals surface area contributed by atoms with Gasteiger partial charge in [-0.3, -0.25) is 4.90 Å². The fraction of sp³-hybridized carbons (Fsp3) is 0.562. The summed E-state index contributed by atoms with van der Waals surface area (Å²) in [6.45, 7) is 5.48. The number of thiazole rings is 1. The van der Waals surface area contributed by atoms with Crippen molar-refractivity contribution in [2.24, 2.45) is 0 Å². The van der Waals surface area contributed by atoms with Crippen molar-refractivity contribution in [2.45, 2.75) is 18.9 Å². The molecule has 2 aromatic rings. The SMILES string of the molecule is Fc1cc(F)c2nc(N3CCC(N4CCOCC4)CC3)sc2c1. The van der Waals surface area contributed by atoms with Crippen LogP contribution in [-0.4, -0.2) is 55.3 Å². The molecule has 2 saturated heterocycles. The lowest BCUT2D eigenvalue weighted by atomic mass is 10.0. The number of benzene rings is 1. The molecule has 1 aromatic carbocycles. The Balaban J connectivity index is 1.46. The first-order valence-corrected chi connectivity index (χ1v) is 8.85. The van der Waals surface area contributed by atoms with Crippen molar-refractivity contribution >= 4 is 26.7 Å². The van der Waals surface area contributed by atoms with E-state index < -0.39 is 11.6 Å². The maximum absolute atomic E-state index is 13.8. The van der Waals surface area contributed by atoms with E-state index in [2.05, 4.69) is 14.8 Å². The zero-order valence-electron chi connectivity index (χ0n) is 12.8. The van der Waals surface area contributed by atoms with E-state index in [1.54, 1.807) is 0 Å². The second-order valence-electron chi connectivity index (χ2n) is 6.10. The van der Waals surface area contributed by atoms with Crippen LogP contribution < -0.4 is 4.90 Å². The van der Waals surface area contributed by atoms with Gasteiger partial charge in [-0.1, -0.05) is 11.3 Å². The summed E-state index contributed by atoms with van der Waals surface area (Å²) in [6, 6.07) is 2.86. The first kappa shape index (κ1) is 15.2. The Morgan fingerprint density at radius 2 is 1.83 bits per heavy atom. The third kappa shape index (κ3) is 3.05. The molecular weight excluding hydrogens is 320 g/mol. The van der Waals surface area contributed by atoms with E-state index in [1.165, 1.54) is 17.4 Å². The fourth-order valence-corrected chi connectivity index (χ4v) is 4.50. The average Bonchev–Trinajstić information content (AvgIpc) is 3.00. The zero-order valence-corrected chi connectivity index (χ0v) is 13.6. The molecule has 2 fully saturated rings. The summed E-state index contributed by atoms with van der Waals surface area (Å²) in [4.78, 5) is 9.09. The van der Waals surface area contributed by atoms with E-state index in [9.17, 15) is 8.78 Å². The van der Waals surface area contributed by atoms with E-state index in [1.807, 2.05) is 0 Å². The minimum absolute atomic E-state index is 0.279. The number of hydrogen-bond acceptors (Lipinski definition) is 5. The van der Waals surface area contributed by atoms with Crippen molar-refractivity contribution in [1.82, 2.24) is 9.88 Å². The smallest absolute Gasteiger partial charge is 0.186 e. The van der Waals surface area contributed by atoms with Crippen LogP contribution >= 0.6 is 11.3 Å². The largest absolute Gasteiger partial charge is 0.379 e. The van der Waals surface area contributed by atoms with Gasteiger partial charge < -0.3 is 9.64 Å². The summed E-state index contributed by atoms with van der Waals surface area (Å²) >= 11 is 1.37. The number of anilines is 1. The molecule has 3 heterocycles. The predicted octanol–water partition coefficient (Wildman–Crippen LogP) is 2.88. The van der Waals surface area contributed by atoms with Crippen LogP contribution in [0.2, 0.25) is 0 Å². The lowest BCUT2D eigenvalue weighted by Gasteiger charge is -2.40. The normalized spacial score (nSPS) is 21.2. The molecule has 23 heavy (non-hydrogen) atoms. The number of rotatable bonds is 2. The highest BCUT2D eigenvalue weighted by molar-refractivity contribution is 7.22. The zero-order chi connectivity index (χ0) is 15.8. The number of morpholine rings is 1. The van der Waals surface area contributed by atoms with Crippen molar-refractivity contribution < 1.29 is 13.5 Å². The van der Waals surface area contributed by atoms with Gasteiger partial charge in [-0.15, -0.1) is 0 Å². The van der Waals surface area contributed by atoms with Crippen LogP contribution in [0.1, 0.15) is 12.8 Å². The number of aromatic nitrogens is 1. The maximum Gasteiger partial charge on any atom is 0.186 e. The molecule has 2 aliphatic heterocycles. The van der Waals surface area contributed by atoms with Gasteiger partial charge >= 0.3 is 0 Å². The molecule has 0 spiro atoms. The van der Waals surface area contributed by atoms with Crippen LogP contribution in [0.3, 0.4) is 0 Å². The molecule has 124 valence electrons. The second-order valence-corrected chi connectivity index (χ2v) is 7.11. The summed E-state index contributed by atoms with van der Waals surface area (Å²) in [7, 11) is 0. The Hall–Kier alpha value is -1.31. The van der Waals surface area contributed by atoms with Crippen molar-refractivity contribution in [1.29, 1.82) is 0 Å². The Morgan fingerprint density at radius 1 is 1.09 bits per heavy atom. The summed E-state index contributed by atoms with van der Waals surface area (Å²) < 4.78 is 33.1. The summed E-state index contributed by atoms with van der Waals surface area (Å²) in [5, 5.41) is 0.796. The molecule has 2 aliphatic rings. The van der Waals surface area contributed by atoms with Crippen molar-refractivity contribution in [3.8, 4) is 0 Å². The molecule has 7 heteroatoms. The minimum atomic E-state index is -0.578. The average molecular weight is 339 g/mol. The Morgan fingerprint density at radius 3 is 2.57 bits per heavy atom. The van der Waals surface area contributed by atoms with Gasteiger partial charge in [-0.25, -0.2) is 13.8 Å². The first-order chi connectivity index (χ1) is 11.2. The summed E-state index contributed by atoms with van der Waals surface area (Å²) in [6.07, 6.45) is 2.15. The van der Waals surface area contributed by atoms with Gasteiger partial charge in [0.1, 0.15) is 11.3 Å². The van der Waals surface area contributed by atoms with E-state index >= 15 is 0 Å². The maximum atomic E-state index is 13.8. The van der Waals surface area contributed by atoms with Crippen LogP contribution in [0, 0.1) is 11.6 Å². The van der Waals surface area contributed by atoms with Gasteiger partial charge in [0.05, 0.1) is 17.9 Å². The fourth-order valence-electron chi connectivity index (χ4n) is 3.45. The number of hydrogen-bond donors (Lipinski definition) is 0. The molecule has 0 saturated carbocycles. The van der Waals surface area contributed by atoms with Crippen LogP contribution in [0.5, 0.6) is 0 Å². The monoisotopic (exact) mass is 339 g/mol. The number of piperidine rings is 1. The van der Waals surface area contributed by atoms with Crippen LogP contribution in [0.15, 0.2) is 12.1 Å². The standard InChI is InChI=1S/C16H19F2N3OS/c17-11-9-13(18)15-14(10-11)23-16(19-15)21-3-1-12(2-4-21)20-5-7-22-8-6-20/h9-10,12H,1-8H2. The quantitative estimate of drug-likeness (QED) is 0.841. The predicted molar refractivity (Wildman–Crippen MR) is 87.2 cm³/mol. The summed E-state index contributed by atoms with van der Waals surface area (Å²) in [5.74, 6) is -1.12. The van der Waals surface area contributed by atoms with Gasteiger partial charge in [0.2, 0.25) is 0 Å². The number of ether oxygens (including phenoxy) is 1. The van der Waals surface area contributed by atoms with Crippen molar-refractivity contribution in [3.63, 3.8) is 0 Å². The van der Waals surface area contributed by atoms with Gasteiger partial charge in [0, 0.05) is 38.3 Å². The van der Waals surface area contributed by atoms with E-state index in [0.717, 1.165) is 63.4 Å². The Bertz CT molecular complexity index is 694. The molecular formula is C16H19F2N3OS. The lowest BCUT2D eigenvalue weighted by molar-refractivity contribution is 0.0115. The molecule has 0 atom stereocenters. The van der Waals surface area contributed by atoms with Gasteiger partial charge in [0.25, 0.3) is 0 Å². The molecule has 0 aliphatic carbocycles. The molecule has 0 bridgehead atoms. The highest BCUT2D eigenvalue weighted by Gasteiger charge is 2.27.